The van der Waals surface area contributed by atoms with Crippen molar-refractivity contribution in [3.8, 4) is 16.9 Å². The number of rotatable bonds is 5. The van der Waals surface area contributed by atoms with E-state index in [0.717, 1.165) is 46.6 Å². The first kappa shape index (κ1) is 36.8. The second-order valence-electron chi connectivity index (χ2n) is 18.0. The third-order valence-electron chi connectivity index (χ3n) is 14.5. The second kappa shape index (κ2) is 14.5. The molecule has 5 heteroatoms. The molecule has 0 radical (unpaired) electrons. The number of allylic oxidation sites excluding steroid dienone is 4. The average Bonchev–Trinajstić information content (AvgIpc) is 4.03. The molecule has 308 valence electrons. The molecule has 4 unspecified atom stereocenters. The minimum absolute atomic E-state index is 0.00954. The van der Waals surface area contributed by atoms with E-state index < -0.39 is 0 Å². The first-order valence-corrected chi connectivity index (χ1v) is 23.7. The molecule has 4 heterocycles. The van der Waals surface area contributed by atoms with Gasteiger partial charge in [-0.3, -0.25) is 0 Å². The molecule has 0 N–H and O–H groups in total. The fourth-order valence-corrected chi connectivity index (χ4v) is 12.6. The normalized spacial score (nSPS) is 19.4. The molecule has 4 atom stereocenters. The molecule has 0 saturated heterocycles. The molecule has 0 saturated carbocycles. The van der Waals surface area contributed by atoms with Gasteiger partial charge in [0.2, 0.25) is 5.95 Å². The van der Waals surface area contributed by atoms with Gasteiger partial charge in [0.25, 0.3) is 0 Å². The van der Waals surface area contributed by atoms with Gasteiger partial charge in [-0.2, -0.15) is 0 Å². The van der Waals surface area contributed by atoms with Crippen molar-refractivity contribution in [1.82, 2.24) is 14.5 Å². The number of thiophene rings is 1. The van der Waals surface area contributed by atoms with Gasteiger partial charge in [0.15, 0.2) is 0 Å². The SMILES string of the molecule is C1=CC2C(C=C1c1ccc3c(c1)c1c(n3-c3ccccc3)C=CC(C3C=Cc4sc5ccccc5c4C3)C1)c1c(ccc3ccccc13)N2c1nc(-c2ccccc2)c2ccccc2n1. The van der Waals surface area contributed by atoms with Crippen LogP contribution in [0.1, 0.15) is 38.7 Å². The molecule has 3 aliphatic carbocycles. The molecule has 0 amide bonds. The van der Waals surface area contributed by atoms with Gasteiger partial charge in [-0.05, 0) is 123 Å². The molecule has 65 heavy (non-hydrogen) atoms. The lowest BCUT2D eigenvalue weighted by Crippen LogP contribution is -2.30. The van der Waals surface area contributed by atoms with Gasteiger partial charge < -0.3 is 9.47 Å². The van der Waals surface area contributed by atoms with Gasteiger partial charge in [-0.15, -0.1) is 11.3 Å². The zero-order valence-electron chi connectivity index (χ0n) is 35.6. The molecule has 0 bridgehead atoms. The molecule has 14 rings (SSSR count). The Morgan fingerprint density at radius 2 is 1.29 bits per heavy atom. The lowest BCUT2D eigenvalue weighted by Gasteiger charge is -2.28. The Kier molecular flexibility index (Phi) is 8.20. The highest BCUT2D eigenvalue weighted by Crippen LogP contribution is 2.52. The molecule has 7 aromatic carbocycles. The minimum Gasteiger partial charge on any atom is -0.310 e. The standard InChI is InChI=1S/C60H42N4S/c1-3-14-38(15-4-1)59-46-20-9-11-21-51(46)61-60(62-59)64-54-30-26-41(36-50(54)58-44-18-8-7-13-37(44)23-31-55(58)64)39-24-28-52-47(33-39)48-34-40(25-29-53(48)63(52)43-16-5-2-6-17-43)42-27-32-57-49(35-42)45-19-10-12-22-56(45)65-57/h1-33,36,40,42,50,54H,34-35H2. The fourth-order valence-electron chi connectivity index (χ4n) is 11.5. The molecule has 4 nitrogen and oxygen atoms in total. The van der Waals surface area contributed by atoms with E-state index >= 15 is 0 Å². The van der Waals surface area contributed by atoms with E-state index in [1.54, 1.807) is 0 Å². The molecule has 4 aliphatic rings. The number of hydrogen-bond acceptors (Lipinski definition) is 4. The van der Waals surface area contributed by atoms with Crippen LogP contribution >= 0.6 is 11.3 Å². The monoisotopic (exact) mass is 850 g/mol. The fraction of sp³-hybridized carbons (Fsp3) is 0.100. The van der Waals surface area contributed by atoms with Crippen LogP contribution < -0.4 is 4.90 Å². The van der Waals surface area contributed by atoms with Crippen LogP contribution in [0.15, 0.2) is 194 Å². The third-order valence-corrected chi connectivity index (χ3v) is 15.7. The van der Waals surface area contributed by atoms with E-state index in [2.05, 4.69) is 216 Å². The van der Waals surface area contributed by atoms with Gasteiger partial charge >= 0.3 is 0 Å². The van der Waals surface area contributed by atoms with Crippen LogP contribution in [-0.2, 0) is 12.8 Å². The number of benzene rings is 7. The average molecular weight is 851 g/mol. The maximum Gasteiger partial charge on any atom is 0.231 e. The van der Waals surface area contributed by atoms with Crippen molar-refractivity contribution in [3.63, 3.8) is 0 Å². The predicted molar refractivity (Wildman–Crippen MR) is 272 cm³/mol. The van der Waals surface area contributed by atoms with Crippen molar-refractivity contribution in [1.29, 1.82) is 0 Å². The summed E-state index contributed by atoms with van der Waals surface area (Å²) < 4.78 is 3.87. The largest absolute Gasteiger partial charge is 0.310 e. The number of hydrogen-bond donors (Lipinski definition) is 0. The summed E-state index contributed by atoms with van der Waals surface area (Å²) in [6.07, 6.45) is 19.2. The minimum atomic E-state index is 0.00954. The molecular weight excluding hydrogens is 809 g/mol. The van der Waals surface area contributed by atoms with E-state index in [-0.39, 0.29) is 12.0 Å². The summed E-state index contributed by atoms with van der Waals surface area (Å²) in [5.41, 5.74) is 14.7. The molecule has 0 fully saturated rings. The van der Waals surface area contributed by atoms with Crippen molar-refractivity contribution in [2.45, 2.75) is 24.8 Å². The summed E-state index contributed by atoms with van der Waals surface area (Å²) in [5, 5.41) is 6.34. The smallest absolute Gasteiger partial charge is 0.231 e. The predicted octanol–water partition coefficient (Wildman–Crippen LogP) is 14.9. The Bertz CT molecular complexity index is 3700. The highest BCUT2D eigenvalue weighted by Gasteiger charge is 2.41. The molecule has 0 spiro atoms. The number of aromatic nitrogens is 3. The summed E-state index contributed by atoms with van der Waals surface area (Å²) >= 11 is 1.93. The first-order valence-electron chi connectivity index (χ1n) is 22.8. The quantitative estimate of drug-likeness (QED) is 0.173. The van der Waals surface area contributed by atoms with Gasteiger partial charge in [0.1, 0.15) is 0 Å². The van der Waals surface area contributed by atoms with Crippen molar-refractivity contribution < 1.29 is 0 Å². The van der Waals surface area contributed by atoms with Crippen molar-refractivity contribution >= 4 is 83.4 Å². The van der Waals surface area contributed by atoms with Crippen LogP contribution in [0.2, 0.25) is 0 Å². The summed E-state index contributed by atoms with van der Waals surface area (Å²) in [6, 6.07) is 59.3. The lowest BCUT2D eigenvalue weighted by molar-refractivity contribution is 0.468. The number of nitrogens with zero attached hydrogens (tertiary/aromatic N) is 4. The molecule has 10 aromatic rings. The van der Waals surface area contributed by atoms with Crippen LogP contribution in [0.25, 0.3) is 77.3 Å². The topological polar surface area (TPSA) is 34.0 Å². The van der Waals surface area contributed by atoms with E-state index in [0.29, 0.717) is 11.8 Å². The van der Waals surface area contributed by atoms with Gasteiger partial charge in [-0.25, -0.2) is 9.97 Å². The zero-order chi connectivity index (χ0) is 42.6. The highest BCUT2D eigenvalue weighted by atomic mass is 32.1. The summed E-state index contributed by atoms with van der Waals surface area (Å²) in [4.78, 5) is 14.5. The van der Waals surface area contributed by atoms with Crippen molar-refractivity contribution in [2.24, 2.45) is 11.8 Å². The Labute approximate surface area is 381 Å². The summed E-state index contributed by atoms with van der Waals surface area (Å²) in [6.45, 7) is 0. The molecular formula is C60H42N4S. The van der Waals surface area contributed by atoms with Crippen LogP contribution in [0.5, 0.6) is 0 Å². The molecule has 3 aromatic heterocycles. The Morgan fingerprint density at radius 1 is 0.554 bits per heavy atom. The number of anilines is 2. The Hall–Kier alpha value is -7.60. The van der Waals surface area contributed by atoms with Gasteiger partial charge in [0, 0.05) is 48.9 Å². The Morgan fingerprint density at radius 3 is 2.17 bits per heavy atom. The Balaban J connectivity index is 0.883. The summed E-state index contributed by atoms with van der Waals surface area (Å²) in [7, 11) is 0. The van der Waals surface area contributed by atoms with Crippen LogP contribution in [0.3, 0.4) is 0 Å². The van der Waals surface area contributed by atoms with Crippen LogP contribution in [-0.4, -0.2) is 20.6 Å². The highest BCUT2D eigenvalue weighted by molar-refractivity contribution is 7.20. The van der Waals surface area contributed by atoms with Crippen LogP contribution in [0.4, 0.5) is 11.6 Å². The van der Waals surface area contributed by atoms with Gasteiger partial charge in [0.05, 0.1) is 22.8 Å². The maximum absolute atomic E-state index is 5.41. The third kappa shape index (κ3) is 5.75. The summed E-state index contributed by atoms with van der Waals surface area (Å²) in [5.74, 6) is 1.67. The van der Waals surface area contributed by atoms with Crippen LogP contribution in [0, 0.1) is 11.8 Å². The van der Waals surface area contributed by atoms with E-state index in [1.807, 2.05) is 11.3 Å². The van der Waals surface area contributed by atoms with E-state index in [9.17, 15) is 0 Å². The first-order chi connectivity index (χ1) is 32.2. The van der Waals surface area contributed by atoms with Crippen molar-refractivity contribution in [3.05, 3.63) is 227 Å². The lowest BCUT2D eigenvalue weighted by atomic mass is 9.77. The van der Waals surface area contributed by atoms with Crippen molar-refractivity contribution in [2.75, 3.05) is 4.90 Å². The molecule has 1 aliphatic heterocycles. The number of para-hydroxylation sites is 2. The van der Waals surface area contributed by atoms with E-state index in [4.69, 9.17) is 9.97 Å². The number of fused-ring (bicyclic) bond motifs is 12. The zero-order valence-corrected chi connectivity index (χ0v) is 36.4. The van der Waals surface area contributed by atoms with Gasteiger partial charge in [-0.1, -0.05) is 152 Å². The van der Waals surface area contributed by atoms with E-state index in [1.165, 1.54) is 75.8 Å². The second-order valence-corrected chi connectivity index (χ2v) is 19.1. The maximum atomic E-state index is 5.41.